The number of benzene rings is 2. The first-order valence-electron chi connectivity index (χ1n) is 6.35. The molecule has 0 bridgehead atoms. The molecule has 0 unspecified atom stereocenters. The average molecular weight is 383 g/mol. The maximum absolute atomic E-state index is 12.3. The number of amides is 3. The average Bonchev–Trinajstić information content (AvgIpc) is 2.49. The zero-order chi connectivity index (χ0) is 16.1. The first kappa shape index (κ1) is 16.3. The fourth-order valence-electron chi connectivity index (χ4n) is 1.74. The van der Waals surface area contributed by atoms with Gasteiger partial charge in [-0.1, -0.05) is 33.6 Å². The maximum atomic E-state index is 12.3. The van der Waals surface area contributed by atoms with Crippen molar-refractivity contribution in [2.45, 2.75) is 0 Å². The normalized spacial score (nSPS) is 9.95. The van der Waals surface area contributed by atoms with Gasteiger partial charge in [-0.2, -0.15) is 0 Å². The smallest absolute Gasteiger partial charge is 0.318 e. The molecular formula is C15H13BrClN3O2. The highest BCUT2D eigenvalue weighted by Crippen LogP contribution is 2.23. The SMILES string of the molecule is CNC(=O)Nc1cccc(NC(=O)c2cc(Br)ccc2Cl)c1. The Morgan fingerprint density at radius 2 is 1.73 bits per heavy atom. The van der Waals surface area contributed by atoms with E-state index < -0.39 is 0 Å². The molecule has 2 aromatic rings. The van der Waals surface area contributed by atoms with E-state index in [1.165, 1.54) is 7.05 Å². The molecule has 0 aromatic heterocycles. The number of carbonyl (C=O) groups excluding carboxylic acids is 2. The summed E-state index contributed by atoms with van der Waals surface area (Å²) in [6.45, 7) is 0. The van der Waals surface area contributed by atoms with Crippen LogP contribution >= 0.6 is 27.5 Å². The van der Waals surface area contributed by atoms with Crippen LogP contribution in [0.2, 0.25) is 5.02 Å². The monoisotopic (exact) mass is 381 g/mol. The number of halogens is 2. The molecule has 0 heterocycles. The predicted molar refractivity (Wildman–Crippen MR) is 91.6 cm³/mol. The van der Waals surface area contributed by atoms with Gasteiger partial charge in [0.1, 0.15) is 0 Å². The second kappa shape index (κ2) is 7.29. The molecule has 0 radical (unpaired) electrons. The summed E-state index contributed by atoms with van der Waals surface area (Å²) in [7, 11) is 1.52. The van der Waals surface area contributed by atoms with Gasteiger partial charge >= 0.3 is 6.03 Å². The minimum absolute atomic E-state index is 0.330. The van der Waals surface area contributed by atoms with Crippen molar-refractivity contribution in [3.8, 4) is 0 Å². The fraction of sp³-hybridized carbons (Fsp3) is 0.0667. The third kappa shape index (κ3) is 4.22. The quantitative estimate of drug-likeness (QED) is 0.748. The highest BCUT2D eigenvalue weighted by molar-refractivity contribution is 9.10. The molecule has 7 heteroatoms. The van der Waals surface area contributed by atoms with E-state index in [2.05, 4.69) is 31.9 Å². The van der Waals surface area contributed by atoms with Crippen molar-refractivity contribution in [3.05, 3.63) is 57.5 Å². The molecule has 0 atom stereocenters. The first-order valence-corrected chi connectivity index (χ1v) is 7.52. The molecule has 0 saturated heterocycles. The van der Waals surface area contributed by atoms with Crippen molar-refractivity contribution < 1.29 is 9.59 Å². The summed E-state index contributed by atoms with van der Waals surface area (Å²) in [5, 5.41) is 8.19. The Bertz CT molecular complexity index is 722. The lowest BCUT2D eigenvalue weighted by atomic mass is 10.2. The highest BCUT2D eigenvalue weighted by atomic mass is 79.9. The Morgan fingerprint density at radius 1 is 1.05 bits per heavy atom. The lowest BCUT2D eigenvalue weighted by Gasteiger charge is -2.09. The first-order chi connectivity index (χ1) is 10.5. The Labute approximate surface area is 141 Å². The van der Waals surface area contributed by atoms with E-state index in [0.717, 1.165) is 4.47 Å². The largest absolute Gasteiger partial charge is 0.341 e. The summed E-state index contributed by atoms with van der Waals surface area (Å²) in [5.74, 6) is -0.330. The number of urea groups is 1. The molecule has 0 aliphatic rings. The molecule has 0 aliphatic carbocycles. The molecular weight excluding hydrogens is 370 g/mol. The highest BCUT2D eigenvalue weighted by Gasteiger charge is 2.11. The van der Waals surface area contributed by atoms with Gasteiger partial charge in [0.25, 0.3) is 5.91 Å². The van der Waals surface area contributed by atoms with E-state index in [0.29, 0.717) is 22.0 Å². The molecule has 2 aromatic carbocycles. The van der Waals surface area contributed by atoms with Gasteiger partial charge in [-0.3, -0.25) is 4.79 Å². The number of hydrogen-bond acceptors (Lipinski definition) is 2. The summed E-state index contributed by atoms with van der Waals surface area (Å²) in [6, 6.07) is 11.5. The Hall–Kier alpha value is -2.05. The second-order valence-corrected chi connectivity index (χ2v) is 5.69. The van der Waals surface area contributed by atoms with E-state index in [9.17, 15) is 9.59 Å². The lowest BCUT2D eigenvalue weighted by Crippen LogP contribution is -2.24. The standard InChI is InChI=1S/C15H13BrClN3O2/c1-18-15(22)20-11-4-2-3-10(8-11)19-14(21)12-7-9(16)5-6-13(12)17/h2-8H,1H3,(H,19,21)(H2,18,20,22). The Balaban J connectivity index is 2.16. The van der Waals surface area contributed by atoms with Crippen molar-refractivity contribution in [2.24, 2.45) is 0 Å². The van der Waals surface area contributed by atoms with Crippen molar-refractivity contribution in [2.75, 3.05) is 17.7 Å². The van der Waals surface area contributed by atoms with E-state index in [1.807, 2.05) is 0 Å². The third-order valence-electron chi connectivity index (χ3n) is 2.78. The number of hydrogen-bond donors (Lipinski definition) is 3. The van der Waals surface area contributed by atoms with Crippen LogP contribution in [-0.2, 0) is 0 Å². The number of carbonyl (C=O) groups is 2. The summed E-state index contributed by atoms with van der Waals surface area (Å²) in [5.41, 5.74) is 1.48. The van der Waals surface area contributed by atoms with Crippen LogP contribution in [0.5, 0.6) is 0 Å². The molecule has 3 N–H and O–H groups in total. The minimum atomic E-state index is -0.335. The van der Waals surface area contributed by atoms with Crippen LogP contribution in [0.4, 0.5) is 16.2 Å². The van der Waals surface area contributed by atoms with Crippen LogP contribution in [0, 0.1) is 0 Å². The number of rotatable bonds is 3. The summed E-state index contributed by atoms with van der Waals surface area (Å²) >= 11 is 9.33. The zero-order valence-corrected chi connectivity index (χ0v) is 14.0. The van der Waals surface area contributed by atoms with Crippen LogP contribution in [-0.4, -0.2) is 19.0 Å². The maximum Gasteiger partial charge on any atom is 0.318 e. The topological polar surface area (TPSA) is 70.2 Å². The van der Waals surface area contributed by atoms with Gasteiger partial charge < -0.3 is 16.0 Å². The molecule has 0 fully saturated rings. The molecule has 0 spiro atoms. The number of anilines is 2. The van der Waals surface area contributed by atoms with Gasteiger partial charge in [0.15, 0.2) is 0 Å². The van der Waals surface area contributed by atoms with Gasteiger partial charge in [-0.25, -0.2) is 4.79 Å². The number of nitrogens with one attached hydrogen (secondary N) is 3. The van der Waals surface area contributed by atoms with E-state index >= 15 is 0 Å². The minimum Gasteiger partial charge on any atom is -0.341 e. The molecule has 114 valence electrons. The van der Waals surface area contributed by atoms with Gasteiger partial charge in [0, 0.05) is 22.9 Å². The van der Waals surface area contributed by atoms with E-state index in [1.54, 1.807) is 42.5 Å². The second-order valence-electron chi connectivity index (χ2n) is 4.36. The molecule has 5 nitrogen and oxygen atoms in total. The molecule has 2 rings (SSSR count). The predicted octanol–water partition coefficient (Wildman–Crippen LogP) is 4.11. The van der Waals surface area contributed by atoms with Gasteiger partial charge in [0.2, 0.25) is 0 Å². The summed E-state index contributed by atoms with van der Waals surface area (Å²) < 4.78 is 0.761. The zero-order valence-electron chi connectivity index (χ0n) is 11.6. The van der Waals surface area contributed by atoms with Gasteiger partial charge in [-0.15, -0.1) is 0 Å². The fourth-order valence-corrected chi connectivity index (χ4v) is 2.30. The van der Waals surface area contributed by atoms with Crippen LogP contribution in [0.15, 0.2) is 46.9 Å². The van der Waals surface area contributed by atoms with Crippen LogP contribution in [0.25, 0.3) is 0 Å². The lowest BCUT2D eigenvalue weighted by molar-refractivity contribution is 0.102. The Kier molecular flexibility index (Phi) is 5.41. The molecule has 0 aliphatic heterocycles. The van der Waals surface area contributed by atoms with Crippen LogP contribution < -0.4 is 16.0 Å². The van der Waals surface area contributed by atoms with E-state index in [4.69, 9.17) is 11.6 Å². The van der Waals surface area contributed by atoms with Crippen LogP contribution in [0.3, 0.4) is 0 Å². The van der Waals surface area contributed by atoms with Crippen LogP contribution in [0.1, 0.15) is 10.4 Å². The van der Waals surface area contributed by atoms with E-state index in [-0.39, 0.29) is 11.9 Å². The summed E-state index contributed by atoms with van der Waals surface area (Å²) in [6.07, 6.45) is 0. The van der Waals surface area contributed by atoms with Crippen molar-refractivity contribution in [3.63, 3.8) is 0 Å². The van der Waals surface area contributed by atoms with Gasteiger partial charge in [-0.05, 0) is 36.4 Å². The Morgan fingerprint density at radius 3 is 2.41 bits per heavy atom. The van der Waals surface area contributed by atoms with Crippen molar-refractivity contribution >= 4 is 50.8 Å². The molecule has 0 saturated carbocycles. The van der Waals surface area contributed by atoms with Gasteiger partial charge in [0.05, 0.1) is 10.6 Å². The summed E-state index contributed by atoms with van der Waals surface area (Å²) in [4.78, 5) is 23.5. The van der Waals surface area contributed by atoms with Crippen molar-refractivity contribution in [1.82, 2.24) is 5.32 Å². The molecule has 22 heavy (non-hydrogen) atoms. The molecule has 3 amide bonds. The third-order valence-corrected chi connectivity index (χ3v) is 3.60. The van der Waals surface area contributed by atoms with Crippen molar-refractivity contribution in [1.29, 1.82) is 0 Å².